The molecule has 1 aliphatic rings. The maximum atomic E-state index is 12.3. The molecule has 2 aromatic rings. The standard InChI is InChI=1S/C18H25N3O2S2/c1-13-5-7-20(8-6-13)15(16-4-3-9-24-16)10-19-17(22)11-21-14(2)12-25-18(21)23/h3-4,9,12-13,15H,5-8,10-11H2,1-2H3,(H,19,22). The Balaban J connectivity index is 1.62. The van der Waals surface area contributed by atoms with Crippen LogP contribution in [0.1, 0.15) is 36.4 Å². The third kappa shape index (κ3) is 4.59. The zero-order chi connectivity index (χ0) is 17.8. The molecule has 1 saturated heterocycles. The zero-order valence-corrected chi connectivity index (χ0v) is 16.4. The molecule has 5 nitrogen and oxygen atoms in total. The number of rotatable bonds is 6. The average Bonchev–Trinajstić information content (AvgIpc) is 3.22. The summed E-state index contributed by atoms with van der Waals surface area (Å²) in [5.41, 5.74) is 0.838. The Bertz CT molecular complexity index is 743. The molecule has 0 bridgehead atoms. The van der Waals surface area contributed by atoms with Gasteiger partial charge in [0.25, 0.3) is 0 Å². The van der Waals surface area contributed by atoms with Crippen LogP contribution in [0.2, 0.25) is 0 Å². The molecule has 136 valence electrons. The number of hydrogen-bond donors (Lipinski definition) is 1. The minimum atomic E-state index is -0.101. The summed E-state index contributed by atoms with van der Waals surface area (Å²) < 4.78 is 1.53. The summed E-state index contributed by atoms with van der Waals surface area (Å²) in [6.45, 7) is 6.99. The lowest BCUT2D eigenvalue weighted by atomic mass is 9.97. The van der Waals surface area contributed by atoms with E-state index in [4.69, 9.17) is 0 Å². The highest BCUT2D eigenvalue weighted by molar-refractivity contribution is 7.10. The molecule has 1 atom stereocenters. The van der Waals surface area contributed by atoms with Crippen LogP contribution in [-0.2, 0) is 11.3 Å². The van der Waals surface area contributed by atoms with Crippen LogP contribution in [0.3, 0.4) is 0 Å². The molecule has 3 rings (SSSR count). The van der Waals surface area contributed by atoms with Crippen molar-refractivity contribution in [2.75, 3.05) is 19.6 Å². The fraction of sp³-hybridized carbons (Fsp3) is 0.556. The van der Waals surface area contributed by atoms with E-state index < -0.39 is 0 Å². The van der Waals surface area contributed by atoms with Crippen LogP contribution in [-0.4, -0.2) is 35.0 Å². The lowest BCUT2D eigenvalue weighted by molar-refractivity contribution is -0.122. The SMILES string of the molecule is Cc1csc(=O)n1CC(=O)NCC(c1cccs1)N1CCC(C)CC1. The van der Waals surface area contributed by atoms with Crippen LogP contribution < -0.4 is 10.2 Å². The summed E-state index contributed by atoms with van der Waals surface area (Å²) in [5.74, 6) is 0.679. The quantitative estimate of drug-likeness (QED) is 0.840. The summed E-state index contributed by atoms with van der Waals surface area (Å²) in [4.78, 5) is 27.8. The smallest absolute Gasteiger partial charge is 0.307 e. The number of nitrogens with zero attached hydrogens (tertiary/aromatic N) is 2. The highest BCUT2D eigenvalue weighted by Gasteiger charge is 2.25. The van der Waals surface area contributed by atoms with Crippen molar-refractivity contribution in [1.29, 1.82) is 0 Å². The molecule has 25 heavy (non-hydrogen) atoms. The fourth-order valence-corrected chi connectivity index (χ4v) is 4.83. The van der Waals surface area contributed by atoms with Crippen LogP contribution in [0.5, 0.6) is 0 Å². The number of carbonyl (C=O) groups is 1. The van der Waals surface area contributed by atoms with Gasteiger partial charge in [0, 0.05) is 22.5 Å². The predicted octanol–water partition coefficient (Wildman–Crippen LogP) is 2.87. The Morgan fingerprint density at radius 2 is 2.12 bits per heavy atom. The minimum Gasteiger partial charge on any atom is -0.353 e. The van der Waals surface area contributed by atoms with Crippen molar-refractivity contribution in [3.8, 4) is 0 Å². The van der Waals surface area contributed by atoms with Crippen molar-refractivity contribution < 1.29 is 4.79 Å². The van der Waals surface area contributed by atoms with Crippen LogP contribution in [0.25, 0.3) is 0 Å². The normalized spacial score (nSPS) is 17.5. The van der Waals surface area contributed by atoms with Gasteiger partial charge < -0.3 is 5.32 Å². The number of aromatic nitrogens is 1. The number of carbonyl (C=O) groups excluding carboxylic acids is 1. The third-order valence-corrected chi connectivity index (χ3v) is 6.76. The van der Waals surface area contributed by atoms with Gasteiger partial charge >= 0.3 is 4.87 Å². The molecule has 1 unspecified atom stereocenters. The Hall–Kier alpha value is -1.44. The molecule has 0 spiro atoms. The van der Waals surface area contributed by atoms with Gasteiger partial charge in [-0.2, -0.15) is 0 Å². The van der Waals surface area contributed by atoms with E-state index in [-0.39, 0.29) is 23.4 Å². The molecule has 3 heterocycles. The zero-order valence-electron chi connectivity index (χ0n) is 14.7. The highest BCUT2D eigenvalue weighted by Crippen LogP contribution is 2.29. The third-order valence-electron chi connectivity index (χ3n) is 4.90. The van der Waals surface area contributed by atoms with Crippen LogP contribution in [0, 0.1) is 12.8 Å². The fourth-order valence-electron chi connectivity index (χ4n) is 3.24. The summed E-state index contributed by atoms with van der Waals surface area (Å²) in [6.07, 6.45) is 2.42. The minimum absolute atomic E-state index is 0.0764. The number of aryl methyl sites for hydroxylation is 1. The first-order chi connectivity index (χ1) is 12.0. The Morgan fingerprint density at radius 3 is 2.72 bits per heavy atom. The Labute approximate surface area is 156 Å². The molecule has 0 radical (unpaired) electrons. The second-order valence-corrected chi connectivity index (χ2v) is 8.58. The monoisotopic (exact) mass is 379 g/mol. The molecular formula is C18H25N3O2S2. The van der Waals surface area contributed by atoms with Gasteiger partial charge in [-0.15, -0.1) is 11.3 Å². The summed E-state index contributed by atoms with van der Waals surface area (Å²) in [5, 5.41) is 6.92. The Morgan fingerprint density at radius 1 is 1.36 bits per heavy atom. The van der Waals surface area contributed by atoms with Gasteiger partial charge in [-0.25, -0.2) is 0 Å². The lowest BCUT2D eigenvalue weighted by Gasteiger charge is -2.36. The number of amides is 1. The van der Waals surface area contributed by atoms with Crippen molar-refractivity contribution in [2.45, 2.75) is 39.3 Å². The van der Waals surface area contributed by atoms with Gasteiger partial charge in [0.2, 0.25) is 5.91 Å². The van der Waals surface area contributed by atoms with Gasteiger partial charge in [-0.1, -0.05) is 24.3 Å². The number of nitrogens with one attached hydrogen (secondary N) is 1. The number of thiazole rings is 1. The maximum absolute atomic E-state index is 12.3. The topological polar surface area (TPSA) is 54.3 Å². The van der Waals surface area contributed by atoms with Crippen molar-refractivity contribution in [3.63, 3.8) is 0 Å². The second-order valence-electron chi connectivity index (χ2n) is 6.78. The second kappa shape index (κ2) is 8.29. The highest BCUT2D eigenvalue weighted by atomic mass is 32.1. The summed E-state index contributed by atoms with van der Waals surface area (Å²) in [6, 6.07) is 4.43. The van der Waals surface area contributed by atoms with Crippen molar-refractivity contribution in [3.05, 3.63) is 43.1 Å². The van der Waals surface area contributed by atoms with E-state index in [2.05, 4.69) is 34.7 Å². The van der Waals surface area contributed by atoms with E-state index in [1.54, 1.807) is 16.7 Å². The largest absolute Gasteiger partial charge is 0.353 e. The van der Waals surface area contributed by atoms with E-state index >= 15 is 0 Å². The molecule has 1 fully saturated rings. The summed E-state index contributed by atoms with van der Waals surface area (Å²) in [7, 11) is 0. The molecule has 0 aliphatic carbocycles. The van der Waals surface area contributed by atoms with Crippen molar-refractivity contribution in [2.24, 2.45) is 5.92 Å². The number of piperidine rings is 1. The maximum Gasteiger partial charge on any atom is 0.307 e. The number of hydrogen-bond acceptors (Lipinski definition) is 5. The van der Waals surface area contributed by atoms with Gasteiger partial charge in [-0.05, 0) is 50.2 Å². The van der Waals surface area contributed by atoms with E-state index in [1.807, 2.05) is 6.92 Å². The first-order valence-electron chi connectivity index (χ1n) is 8.73. The van der Waals surface area contributed by atoms with Crippen LogP contribution in [0.4, 0.5) is 0 Å². The molecule has 0 saturated carbocycles. The van der Waals surface area contributed by atoms with Gasteiger partial charge in [-0.3, -0.25) is 19.1 Å². The van der Waals surface area contributed by atoms with E-state index in [9.17, 15) is 9.59 Å². The molecule has 0 aromatic carbocycles. The molecule has 1 N–H and O–H groups in total. The van der Waals surface area contributed by atoms with Crippen molar-refractivity contribution >= 4 is 28.6 Å². The molecule has 1 amide bonds. The molecule has 7 heteroatoms. The van der Waals surface area contributed by atoms with E-state index in [1.165, 1.54) is 22.3 Å². The predicted molar refractivity (Wildman–Crippen MR) is 103 cm³/mol. The lowest BCUT2D eigenvalue weighted by Crippen LogP contribution is -2.42. The first-order valence-corrected chi connectivity index (χ1v) is 10.5. The molecular weight excluding hydrogens is 354 g/mol. The molecule has 1 aliphatic heterocycles. The number of thiophene rings is 1. The van der Waals surface area contributed by atoms with Crippen molar-refractivity contribution in [1.82, 2.24) is 14.8 Å². The Kier molecular flexibility index (Phi) is 6.09. The first kappa shape index (κ1) is 18.4. The van der Waals surface area contributed by atoms with Gasteiger partial charge in [0.15, 0.2) is 0 Å². The average molecular weight is 380 g/mol. The molecule has 2 aromatic heterocycles. The summed E-state index contributed by atoms with van der Waals surface area (Å²) >= 11 is 2.88. The van der Waals surface area contributed by atoms with Gasteiger partial charge in [0.05, 0.1) is 6.04 Å². The van der Waals surface area contributed by atoms with Crippen LogP contribution >= 0.6 is 22.7 Å². The van der Waals surface area contributed by atoms with E-state index in [0.717, 1.165) is 36.0 Å². The van der Waals surface area contributed by atoms with Crippen LogP contribution in [0.15, 0.2) is 27.7 Å². The van der Waals surface area contributed by atoms with Gasteiger partial charge in [0.1, 0.15) is 6.54 Å². The number of likely N-dealkylation sites (tertiary alicyclic amines) is 1. The van der Waals surface area contributed by atoms with E-state index in [0.29, 0.717) is 6.54 Å².